The van der Waals surface area contributed by atoms with Gasteiger partial charge in [0.1, 0.15) is 0 Å². The summed E-state index contributed by atoms with van der Waals surface area (Å²) >= 11 is 1.47. The number of hydrogen-bond acceptors (Lipinski definition) is 5. The van der Waals surface area contributed by atoms with Crippen LogP contribution in [0.1, 0.15) is 36.2 Å². The predicted octanol–water partition coefficient (Wildman–Crippen LogP) is 1.76. The van der Waals surface area contributed by atoms with Gasteiger partial charge in [0.05, 0.1) is 11.1 Å². The molecule has 3 rings (SSSR count). The molecule has 0 amide bonds. The molecule has 3 N–H and O–H groups in total. The standard InChI is InChI=1S/C13H18N4O2S2/c1-9(10-6-15-16-7-10)17-21(18,19)13-4-5-20-12(13)8-14-11-2-3-11/h4-7,9,11,14,17H,2-3,8H2,1H3,(H,15,16). The quantitative estimate of drug-likeness (QED) is 0.723. The Balaban J connectivity index is 1.73. The number of aromatic nitrogens is 2. The Morgan fingerprint density at radius 1 is 1.52 bits per heavy atom. The van der Waals surface area contributed by atoms with Crippen LogP contribution in [0.3, 0.4) is 0 Å². The maximum Gasteiger partial charge on any atom is 0.242 e. The van der Waals surface area contributed by atoms with Crippen molar-refractivity contribution >= 4 is 21.4 Å². The average Bonchev–Trinajstić information content (AvgIpc) is 2.95. The largest absolute Gasteiger partial charge is 0.309 e. The van der Waals surface area contributed by atoms with E-state index in [0.717, 1.165) is 10.4 Å². The molecule has 0 aliphatic heterocycles. The zero-order chi connectivity index (χ0) is 14.9. The molecule has 0 spiro atoms. The van der Waals surface area contributed by atoms with Gasteiger partial charge in [-0.25, -0.2) is 13.1 Å². The molecule has 2 aromatic heterocycles. The fraction of sp³-hybridized carbons (Fsp3) is 0.462. The Labute approximate surface area is 128 Å². The minimum atomic E-state index is -3.52. The second kappa shape index (κ2) is 5.88. The summed E-state index contributed by atoms with van der Waals surface area (Å²) in [6, 6.07) is 1.90. The van der Waals surface area contributed by atoms with E-state index in [1.165, 1.54) is 24.2 Å². The molecular weight excluding hydrogens is 308 g/mol. The van der Waals surface area contributed by atoms with Gasteiger partial charge in [-0.1, -0.05) is 0 Å². The molecule has 21 heavy (non-hydrogen) atoms. The van der Waals surface area contributed by atoms with Gasteiger partial charge in [-0.3, -0.25) is 5.10 Å². The highest BCUT2D eigenvalue weighted by Gasteiger charge is 2.25. The van der Waals surface area contributed by atoms with Gasteiger partial charge < -0.3 is 5.32 Å². The van der Waals surface area contributed by atoms with Crippen molar-refractivity contribution in [2.45, 2.75) is 43.3 Å². The van der Waals surface area contributed by atoms with Gasteiger partial charge in [0.2, 0.25) is 10.0 Å². The number of hydrogen-bond donors (Lipinski definition) is 3. The van der Waals surface area contributed by atoms with Crippen LogP contribution in [-0.4, -0.2) is 24.7 Å². The van der Waals surface area contributed by atoms with Gasteiger partial charge in [0.25, 0.3) is 0 Å². The van der Waals surface area contributed by atoms with Crippen LogP contribution in [0.25, 0.3) is 0 Å². The second-order valence-corrected chi connectivity index (χ2v) is 7.92. The van der Waals surface area contributed by atoms with Crippen LogP contribution >= 0.6 is 11.3 Å². The van der Waals surface area contributed by atoms with Crippen molar-refractivity contribution in [3.8, 4) is 0 Å². The molecule has 114 valence electrons. The summed E-state index contributed by atoms with van der Waals surface area (Å²) in [6.45, 7) is 2.41. The van der Waals surface area contributed by atoms with Crippen LogP contribution in [0.4, 0.5) is 0 Å². The van der Waals surface area contributed by atoms with E-state index < -0.39 is 10.0 Å². The third kappa shape index (κ3) is 3.52. The van der Waals surface area contributed by atoms with E-state index >= 15 is 0 Å². The van der Waals surface area contributed by atoms with Crippen molar-refractivity contribution in [3.05, 3.63) is 34.3 Å². The highest BCUT2D eigenvalue weighted by atomic mass is 32.2. The molecule has 8 heteroatoms. The number of nitrogens with one attached hydrogen (secondary N) is 3. The number of aromatic amines is 1. The van der Waals surface area contributed by atoms with Crippen molar-refractivity contribution in [3.63, 3.8) is 0 Å². The lowest BCUT2D eigenvalue weighted by molar-refractivity contribution is 0.565. The molecule has 1 fully saturated rings. The summed E-state index contributed by atoms with van der Waals surface area (Å²) in [6.07, 6.45) is 5.68. The molecule has 6 nitrogen and oxygen atoms in total. The molecular formula is C13H18N4O2S2. The van der Waals surface area contributed by atoms with E-state index in [-0.39, 0.29) is 6.04 Å². The fourth-order valence-electron chi connectivity index (χ4n) is 2.08. The first-order chi connectivity index (χ1) is 10.1. The predicted molar refractivity (Wildman–Crippen MR) is 81.5 cm³/mol. The third-order valence-corrected chi connectivity index (χ3v) is 6.15. The van der Waals surface area contributed by atoms with E-state index in [4.69, 9.17) is 0 Å². The normalized spacial score (nSPS) is 17.0. The highest BCUT2D eigenvalue weighted by Crippen LogP contribution is 2.26. The van der Waals surface area contributed by atoms with E-state index in [2.05, 4.69) is 20.2 Å². The molecule has 1 aliphatic carbocycles. The number of sulfonamides is 1. The summed E-state index contributed by atoms with van der Waals surface area (Å²) in [4.78, 5) is 1.23. The first kappa shape index (κ1) is 14.7. The van der Waals surface area contributed by atoms with Crippen LogP contribution in [0, 0.1) is 0 Å². The molecule has 1 saturated carbocycles. The van der Waals surface area contributed by atoms with Gasteiger partial charge in [-0.15, -0.1) is 11.3 Å². The molecule has 0 saturated heterocycles. The maximum absolute atomic E-state index is 12.5. The smallest absolute Gasteiger partial charge is 0.242 e. The van der Waals surface area contributed by atoms with Crippen LogP contribution in [0.15, 0.2) is 28.7 Å². The first-order valence-electron chi connectivity index (χ1n) is 6.87. The Kier molecular flexibility index (Phi) is 4.12. The van der Waals surface area contributed by atoms with E-state index in [9.17, 15) is 8.42 Å². The summed E-state index contributed by atoms with van der Waals surface area (Å²) in [5.41, 5.74) is 0.812. The summed E-state index contributed by atoms with van der Waals surface area (Å²) in [5.74, 6) is 0. The van der Waals surface area contributed by atoms with Gasteiger partial charge >= 0.3 is 0 Å². The van der Waals surface area contributed by atoms with Crippen molar-refractivity contribution in [1.82, 2.24) is 20.2 Å². The molecule has 1 unspecified atom stereocenters. The SMILES string of the molecule is CC(NS(=O)(=O)c1ccsc1CNC1CC1)c1cn[nH]c1. The molecule has 0 radical (unpaired) electrons. The topological polar surface area (TPSA) is 86.9 Å². The molecule has 2 heterocycles. The van der Waals surface area contributed by atoms with Crippen molar-refractivity contribution in [2.75, 3.05) is 0 Å². The number of rotatable bonds is 7. The van der Waals surface area contributed by atoms with Crippen LogP contribution in [0.5, 0.6) is 0 Å². The van der Waals surface area contributed by atoms with E-state index in [1.54, 1.807) is 25.4 Å². The molecule has 1 aliphatic rings. The zero-order valence-corrected chi connectivity index (χ0v) is 13.3. The average molecular weight is 326 g/mol. The van der Waals surface area contributed by atoms with Crippen molar-refractivity contribution in [1.29, 1.82) is 0 Å². The Morgan fingerprint density at radius 3 is 3.00 bits per heavy atom. The number of H-pyrrole nitrogens is 1. The summed E-state index contributed by atoms with van der Waals surface area (Å²) in [5, 5.41) is 11.7. The Morgan fingerprint density at radius 2 is 2.33 bits per heavy atom. The lowest BCUT2D eigenvalue weighted by Gasteiger charge is -2.13. The van der Waals surface area contributed by atoms with Crippen LogP contribution in [-0.2, 0) is 16.6 Å². The first-order valence-corrected chi connectivity index (χ1v) is 9.23. The van der Waals surface area contributed by atoms with Crippen LogP contribution < -0.4 is 10.0 Å². The molecule has 2 aromatic rings. The Bertz CT molecular complexity index is 690. The Hall–Kier alpha value is -1.22. The van der Waals surface area contributed by atoms with Gasteiger partial charge in [0.15, 0.2) is 0 Å². The third-order valence-electron chi connectivity index (χ3n) is 3.47. The van der Waals surface area contributed by atoms with Gasteiger partial charge in [-0.05, 0) is 31.2 Å². The highest BCUT2D eigenvalue weighted by molar-refractivity contribution is 7.89. The van der Waals surface area contributed by atoms with Crippen LogP contribution in [0.2, 0.25) is 0 Å². The monoisotopic (exact) mass is 326 g/mol. The van der Waals surface area contributed by atoms with E-state index in [1.807, 2.05) is 5.38 Å². The summed E-state index contributed by atoms with van der Waals surface area (Å²) < 4.78 is 27.7. The number of nitrogens with zero attached hydrogens (tertiary/aromatic N) is 1. The maximum atomic E-state index is 12.5. The minimum absolute atomic E-state index is 0.321. The summed E-state index contributed by atoms with van der Waals surface area (Å²) in [7, 11) is -3.52. The minimum Gasteiger partial charge on any atom is -0.309 e. The molecule has 0 aromatic carbocycles. The molecule has 0 bridgehead atoms. The molecule has 1 atom stereocenters. The van der Waals surface area contributed by atoms with E-state index in [0.29, 0.717) is 17.5 Å². The lowest BCUT2D eigenvalue weighted by atomic mass is 10.2. The van der Waals surface area contributed by atoms with Crippen molar-refractivity contribution < 1.29 is 8.42 Å². The second-order valence-electron chi connectivity index (χ2n) is 5.24. The zero-order valence-electron chi connectivity index (χ0n) is 11.7. The van der Waals surface area contributed by atoms with Gasteiger partial charge in [-0.2, -0.15) is 5.10 Å². The van der Waals surface area contributed by atoms with Gasteiger partial charge in [0, 0.05) is 35.3 Å². The lowest BCUT2D eigenvalue weighted by Crippen LogP contribution is -2.27. The number of thiophene rings is 1. The fourth-order valence-corrected chi connectivity index (χ4v) is 4.71. The van der Waals surface area contributed by atoms with Crippen molar-refractivity contribution in [2.24, 2.45) is 0 Å².